The molecule has 2 aliphatic heterocycles. The Bertz CT molecular complexity index is 1450. The van der Waals surface area contributed by atoms with E-state index in [1.54, 1.807) is 11.0 Å². The lowest BCUT2D eigenvalue weighted by Crippen LogP contribution is -2.57. The van der Waals surface area contributed by atoms with Gasteiger partial charge in [-0.15, -0.1) is 16.4 Å². The van der Waals surface area contributed by atoms with E-state index in [4.69, 9.17) is 4.74 Å². The number of carbonyl (C=O) groups is 1. The molecule has 3 heterocycles. The molecule has 0 aliphatic carbocycles. The fraction of sp³-hybridized carbons (Fsp3) is 0.346. The van der Waals surface area contributed by atoms with Crippen LogP contribution in [-0.2, 0) is 4.74 Å². The van der Waals surface area contributed by atoms with Gasteiger partial charge in [-0.2, -0.15) is 10.2 Å². The van der Waals surface area contributed by atoms with Gasteiger partial charge >= 0.3 is 0 Å². The summed E-state index contributed by atoms with van der Waals surface area (Å²) in [5.74, 6) is -4.21. The van der Waals surface area contributed by atoms with Crippen LogP contribution in [0.3, 0.4) is 0 Å². The highest BCUT2D eigenvalue weighted by Gasteiger charge is 2.43. The molecule has 3 aromatic rings. The zero-order chi connectivity index (χ0) is 28.4. The van der Waals surface area contributed by atoms with Crippen molar-refractivity contribution in [3.05, 3.63) is 64.3 Å². The Morgan fingerprint density at radius 2 is 2.00 bits per heavy atom. The van der Waals surface area contributed by atoms with Gasteiger partial charge in [-0.1, -0.05) is 11.3 Å². The van der Waals surface area contributed by atoms with Crippen LogP contribution in [-0.4, -0.2) is 78.6 Å². The number of nitrogens with zero attached hydrogens (tertiary/aromatic N) is 6. The van der Waals surface area contributed by atoms with Crippen LogP contribution in [0.15, 0.2) is 56.9 Å². The van der Waals surface area contributed by atoms with Gasteiger partial charge in [0.15, 0.2) is 23.7 Å². The minimum absolute atomic E-state index is 0.0801. The van der Waals surface area contributed by atoms with Gasteiger partial charge in [0.1, 0.15) is 24.6 Å². The maximum atomic E-state index is 13.8. The lowest BCUT2D eigenvalue weighted by atomic mass is 9.94. The second-order valence-electron chi connectivity index (χ2n) is 9.43. The molecule has 1 fully saturated rings. The number of hydrogen-bond donors (Lipinski definition) is 2. The van der Waals surface area contributed by atoms with E-state index in [0.717, 1.165) is 34.2 Å². The molecule has 2 aliphatic rings. The first-order valence-electron chi connectivity index (χ1n) is 12.3. The fourth-order valence-corrected chi connectivity index (χ4v) is 5.85. The van der Waals surface area contributed by atoms with E-state index in [9.17, 15) is 28.2 Å². The summed E-state index contributed by atoms with van der Waals surface area (Å²) >= 11 is 1.35. The first-order valence-corrected chi connectivity index (χ1v) is 13.1. The van der Waals surface area contributed by atoms with E-state index < -0.39 is 54.5 Å². The standard InChI is InChI=1S/C26H25F3N6O4S/c1-30-31-13-34(16-3-2-14-4-18(11-36)40-24(14)7-16)9-17-8-22(26(38)23(12-37)39-17)35-10-21(32-33-35)15-5-19(27)25(29)20(28)6-15/h2-7,11,13,17,21-23,26,37-38H,1,8-10,12H2/b31-13-. The Labute approximate surface area is 230 Å². The van der Waals surface area contributed by atoms with Crippen molar-refractivity contribution in [3.8, 4) is 0 Å². The Balaban J connectivity index is 1.35. The highest BCUT2D eigenvalue weighted by molar-refractivity contribution is 7.20. The van der Waals surface area contributed by atoms with E-state index in [-0.39, 0.29) is 25.1 Å². The molecule has 0 spiro atoms. The Morgan fingerprint density at radius 1 is 1.23 bits per heavy atom. The summed E-state index contributed by atoms with van der Waals surface area (Å²) in [6, 6.07) is 7.77. The van der Waals surface area contributed by atoms with E-state index in [2.05, 4.69) is 27.3 Å². The highest BCUT2D eigenvalue weighted by atomic mass is 32.1. The van der Waals surface area contributed by atoms with Crippen LogP contribution in [0.5, 0.6) is 0 Å². The molecule has 5 rings (SSSR count). The summed E-state index contributed by atoms with van der Waals surface area (Å²) in [7, 11) is 0. The number of rotatable bonds is 9. The average molecular weight is 575 g/mol. The van der Waals surface area contributed by atoms with Crippen LogP contribution in [0.1, 0.15) is 27.7 Å². The predicted octanol–water partition coefficient (Wildman–Crippen LogP) is 3.88. The van der Waals surface area contributed by atoms with Gasteiger partial charge in [0.2, 0.25) is 0 Å². The minimum Gasteiger partial charge on any atom is -0.394 e. The van der Waals surface area contributed by atoms with Crippen molar-refractivity contribution in [2.45, 2.75) is 36.8 Å². The number of benzene rings is 2. The van der Waals surface area contributed by atoms with Crippen molar-refractivity contribution in [2.75, 3.05) is 24.6 Å². The van der Waals surface area contributed by atoms with Gasteiger partial charge in [0, 0.05) is 23.5 Å². The molecule has 0 radical (unpaired) electrons. The van der Waals surface area contributed by atoms with Crippen LogP contribution in [0.25, 0.3) is 10.1 Å². The summed E-state index contributed by atoms with van der Waals surface area (Å²) in [6.45, 7) is 3.24. The van der Waals surface area contributed by atoms with Gasteiger partial charge in [0.05, 0.1) is 36.7 Å². The number of carbonyl (C=O) groups excluding carboxylic acids is 1. The smallest absolute Gasteiger partial charge is 0.194 e. The zero-order valence-electron chi connectivity index (χ0n) is 21.0. The maximum absolute atomic E-state index is 13.8. The molecular formula is C26H25F3N6O4S. The summed E-state index contributed by atoms with van der Waals surface area (Å²) in [5, 5.41) is 38.9. The monoisotopic (exact) mass is 574 g/mol. The molecule has 0 amide bonds. The summed E-state index contributed by atoms with van der Waals surface area (Å²) < 4.78 is 47.9. The van der Waals surface area contributed by atoms with Crippen molar-refractivity contribution >= 4 is 46.5 Å². The maximum Gasteiger partial charge on any atom is 0.194 e. The van der Waals surface area contributed by atoms with Crippen molar-refractivity contribution < 1.29 is 32.9 Å². The molecule has 0 saturated carbocycles. The van der Waals surface area contributed by atoms with Crippen molar-refractivity contribution in [3.63, 3.8) is 0 Å². The SMILES string of the molecule is C=N/N=C\N(CC1CC(N2CC(c3cc(F)c(F)c(F)c3)N=N2)C(O)C(CO)O1)c1ccc2cc(C=O)sc2c1. The van der Waals surface area contributed by atoms with Crippen LogP contribution in [0, 0.1) is 17.5 Å². The van der Waals surface area contributed by atoms with Crippen molar-refractivity contribution in [1.82, 2.24) is 5.01 Å². The number of thiophene rings is 1. The molecule has 5 atom stereocenters. The Morgan fingerprint density at radius 3 is 2.70 bits per heavy atom. The minimum atomic E-state index is -1.56. The first-order chi connectivity index (χ1) is 19.3. The van der Waals surface area contributed by atoms with Crippen LogP contribution < -0.4 is 4.90 Å². The molecular weight excluding hydrogens is 549 g/mol. The molecule has 10 nitrogen and oxygen atoms in total. The molecule has 1 saturated heterocycles. The number of ether oxygens (including phenoxy) is 1. The van der Waals surface area contributed by atoms with Gasteiger partial charge in [-0.3, -0.25) is 9.80 Å². The quantitative estimate of drug-likeness (QED) is 0.132. The largest absolute Gasteiger partial charge is 0.394 e. The van der Waals surface area contributed by atoms with Gasteiger partial charge in [-0.05, 0) is 41.3 Å². The summed E-state index contributed by atoms with van der Waals surface area (Å²) in [4.78, 5) is 13.6. The lowest BCUT2D eigenvalue weighted by Gasteiger charge is -2.42. The molecule has 40 heavy (non-hydrogen) atoms. The summed E-state index contributed by atoms with van der Waals surface area (Å²) in [6.07, 6.45) is -0.0701. The zero-order valence-corrected chi connectivity index (χ0v) is 21.8. The van der Waals surface area contributed by atoms with Gasteiger partial charge in [-0.25, -0.2) is 13.2 Å². The molecule has 1 aromatic heterocycles. The van der Waals surface area contributed by atoms with Crippen LogP contribution in [0.2, 0.25) is 0 Å². The molecule has 14 heteroatoms. The molecule has 5 unspecified atom stereocenters. The number of fused-ring (bicyclic) bond motifs is 1. The topological polar surface area (TPSA) is 123 Å². The number of anilines is 1. The third kappa shape index (κ3) is 5.61. The van der Waals surface area contributed by atoms with E-state index in [1.165, 1.54) is 22.7 Å². The van der Waals surface area contributed by atoms with Crippen LogP contribution >= 0.6 is 11.3 Å². The highest BCUT2D eigenvalue weighted by Crippen LogP contribution is 2.34. The lowest BCUT2D eigenvalue weighted by molar-refractivity contribution is -0.162. The van der Waals surface area contributed by atoms with E-state index in [0.29, 0.717) is 4.88 Å². The molecule has 210 valence electrons. The normalized spacial score (nSPS) is 24.7. The van der Waals surface area contributed by atoms with Crippen molar-refractivity contribution in [2.24, 2.45) is 20.5 Å². The molecule has 0 bridgehead atoms. The molecule has 2 aromatic carbocycles. The average Bonchev–Trinajstić information content (AvgIpc) is 3.61. The fourth-order valence-electron chi connectivity index (χ4n) is 4.94. The third-order valence-corrected chi connectivity index (χ3v) is 7.93. The predicted molar refractivity (Wildman–Crippen MR) is 143 cm³/mol. The van der Waals surface area contributed by atoms with Gasteiger partial charge < -0.3 is 19.8 Å². The Hall–Kier alpha value is -3.72. The summed E-state index contributed by atoms with van der Waals surface area (Å²) in [5.41, 5.74) is 0.854. The van der Waals surface area contributed by atoms with E-state index in [1.807, 2.05) is 18.2 Å². The Kier molecular flexibility index (Phi) is 8.21. The second-order valence-corrected chi connectivity index (χ2v) is 10.5. The number of halogens is 3. The first kappa shape index (κ1) is 27.8. The van der Waals surface area contributed by atoms with Gasteiger partial charge in [0.25, 0.3) is 0 Å². The number of aliphatic hydroxyl groups excluding tert-OH is 2. The van der Waals surface area contributed by atoms with E-state index >= 15 is 0 Å². The van der Waals surface area contributed by atoms with Crippen LogP contribution in [0.4, 0.5) is 18.9 Å². The molecule has 2 N–H and O–H groups in total. The second kappa shape index (κ2) is 11.8. The number of aldehydes is 1. The third-order valence-electron chi connectivity index (χ3n) is 6.91. The number of aliphatic hydroxyl groups is 2. The van der Waals surface area contributed by atoms with Crippen molar-refractivity contribution in [1.29, 1.82) is 0 Å². The number of hydrogen-bond acceptors (Lipinski definition) is 10.